The molecule has 0 bridgehead atoms. The molecule has 0 unspecified atom stereocenters. The number of nitrogens with zero attached hydrogens (tertiary/aromatic N) is 3. The Hall–Kier alpha value is -2.38. The minimum atomic E-state index is -0.487. The Labute approximate surface area is 173 Å². The minimum absolute atomic E-state index is 0.277. The molecule has 0 spiro atoms. The highest BCUT2D eigenvalue weighted by Gasteiger charge is 2.30. The van der Waals surface area contributed by atoms with Gasteiger partial charge in [-0.25, -0.2) is 4.39 Å². The zero-order valence-corrected chi connectivity index (χ0v) is 17.0. The van der Waals surface area contributed by atoms with E-state index in [4.69, 9.17) is 9.47 Å². The van der Waals surface area contributed by atoms with Crippen LogP contribution in [0.4, 0.5) is 4.39 Å². The van der Waals surface area contributed by atoms with Crippen molar-refractivity contribution >= 4 is 11.8 Å². The van der Waals surface area contributed by atoms with E-state index in [-0.39, 0.29) is 5.82 Å². The van der Waals surface area contributed by atoms with Crippen LogP contribution in [0.5, 0.6) is 5.75 Å². The maximum absolute atomic E-state index is 14.2. The average molecular weight is 412 g/mol. The number of hydrogen-bond donors (Lipinski definition) is 0. The molecule has 1 aliphatic heterocycles. The van der Waals surface area contributed by atoms with Crippen molar-refractivity contribution in [1.82, 2.24) is 14.8 Å². The van der Waals surface area contributed by atoms with Gasteiger partial charge in [0.05, 0.1) is 6.61 Å². The number of benzene rings is 2. The summed E-state index contributed by atoms with van der Waals surface area (Å²) < 4.78 is 28.4. The molecule has 29 heavy (non-hydrogen) atoms. The second kappa shape index (κ2) is 7.80. The van der Waals surface area contributed by atoms with Gasteiger partial charge in [0, 0.05) is 34.9 Å². The molecule has 1 fully saturated rings. The Balaban J connectivity index is 1.39. The summed E-state index contributed by atoms with van der Waals surface area (Å²) in [4.78, 5) is 0. The van der Waals surface area contributed by atoms with E-state index in [1.807, 2.05) is 30.3 Å². The number of thioether (sulfide) groups is 1. The third-order valence-corrected chi connectivity index (χ3v) is 6.27. The van der Waals surface area contributed by atoms with Crippen LogP contribution in [-0.4, -0.2) is 14.8 Å². The highest BCUT2D eigenvalue weighted by atomic mass is 32.2. The lowest BCUT2D eigenvalue weighted by molar-refractivity contribution is -0.112. The highest BCUT2D eigenvalue weighted by molar-refractivity contribution is 7.98. The summed E-state index contributed by atoms with van der Waals surface area (Å²) in [5.74, 6) is 2.62. The molecular weight excluding hydrogens is 389 g/mol. The molecule has 0 radical (unpaired) electrons. The fourth-order valence-electron chi connectivity index (χ4n) is 3.65. The van der Waals surface area contributed by atoms with E-state index in [1.165, 1.54) is 18.9 Å². The van der Waals surface area contributed by atoms with Crippen molar-refractivity contribution in [3.8, 4) is 5.75 Å². The number of rotatable bonds is 6. The maximum atomic E-state index is 14.2. The molecular formula is C22H22FN3O2S. The molecule has 1 aromatic heterocycles. The van der Waals surface area contributed by atoms with Crippen LogP contribution in [0.25, 0.3) is 0 Å². The van der Waals surface area contributed by atoms with Crippen LogP contribution in [0, 0.1) is 5.82 Å². The van der Waals surface area contributed by atoms with Crippen LogP contribution in [0.15, 0.2) is 47.6 Å². The normalized spacial score (nSPS) is 18.3. The molecule has 0 amide bonds. The molecule has 7 heteroatoms. The van der Waals surface area contributed by atoms with Gasteiger partial charge in [0.2, 0.25) is 6.29 Å². The van der Waals surface area contributed by atoms with E-state index < -0.39 is 6.29 Å². The fourth-order valence-corrected chi connectivity index (χ4v) is 4.62. The fraction of sp³-hybridized carbons (Fsp3) is 0.364. The Morgan fingerprint density at radius 1 is 1.17 bits per heavy atom. The van der Waals surface area contributed by atoms with E-state index in [1.54, 1.807) is 17.8 Å². The standard InChI is InChI=1S/C22H22FN3O2S/c1-2-26-20(14-8-9-14)24-25-22(26)29-13-17-11-18(23)10-16-12-27-21(28-19(16)17)15-6-4-3-5-7-15/h3-7,10-11,14,21H,2,8-9,12-13H2,1H3/t21-/m0/s1. The maximum Gasteiger partial charge on any atom is 0.227 e. The van der Waals surface area contributed by atoms with Crippen LogP contribution < -0.4 is 4.74 Å². The number of aromatic nitrogens is 3. The Morgan fingerprint density at radius 2 is 2.00 bits per heavy atom. The van der Waals surface area contributed by atoms with Crippen LogP contribution in [0.2, 0.25) is 0 Å². The summed E-state index contributed by atoms with van der Waals surface area (Å²) in [5.41, 5.74) is 2.50. The van der Waals surface area contributed by atoms with Gasteiger partial charge in [-0.1, -0.05) is 42.1 Å². The smallest absolute Gasteiger partial charge is 0.227 e. The van der Waals surface area contributed by atoms with Gasteiger partial charge >= 0.3 is 0 Å². The molecule has 2 heterocycles. The third kappa shape index (κ3) is 3.76. The van der Waals surface area contributed by atoms with Gasteiger partial charge in [-0.05, 0) is 31.9 Å². The SMILES string of the molecule is CCn1c(SCc2cc(F)cc3c2O[C@@H](c2ccccc2)OC3)nnc1C1CC1. The summed E-state index contributed by atoms with van der Waals surface area (Å²) >= 11 is 1.57. The molecule has 5 nitrogen and oxygen atoms in total. The predicted octanol–water partition coefficient (Wildman–Crippen LogP) is 5.21. The molecule has 3 aromatic rings. The molecule has 150 valence electrons. The van der Waals surface area contributed by atoms with Gasteiger partial charge in [-0.15, -0.1) is 10.2 Å². The van der Waals surface area contributed by atoms with Crippen LogP contribution in [0.1, 0.15) is 54.5 Å². The lowest BCUT2D eigenvalue weighted by Gasteiger charge is -2.28. The van der Waals surface area contributed by atoms with Crippen molar-refractivity contribution in [2.24, 2.45) is 0 Å². The first-order valence-corrected chi connectivity index (χ1v) is 10.9. The Morgan fingerprint density at radius 3 is 2.76 bits per heavy atom. The molecule has 0 saturated heterocycles. The van der Waals surface area contributed by atoms with Gasteiger partial charge < -0.3 is 14.0 Å². The summed E-state index contributed by atoms with van der Waals surface area (Å²) in [7, 11) is 0. The van der Waals surface area contributed by atoms with Gasteiger partial charge in [-0.2, -0.15) is 0 Å². The van der Waals surface area contributed by atoms with Crippen molar-refractivity contribution in [1.29, 1.82) is 0 Å². The van der Waals surface area contributed by atoms with E-state index in [0.717, 1.165) is 34.2 Å². The largest absolute Gasteiger partial charge is 0.460 e. The van der Waals surface area contributed by atoms with E-state index in [2.05, 4.69) is 21.7 Å². The predicted molar refractivity (Wildman–Crippen MR) is 108 cm³/mol. The summed E-state index contributed by atoms with van der Waals surface area (Å²) in [6.07, 6.45) is 1.89. The number of hydrogen-bond acceptors (Lipinski definition) is 5. The van der Waals surface area contributed by atoms with Crippen molar-refractivity contribution in [2.45, 2.75) is 56.0 Å². The van der Waals surface area contributed by atoms with Crippen molar-refractivity contribution in [2.75, 3.05) is 0 Å². The van der Waals surface area contributed by atoms with E-state index >= 15 is 0 Å². The van der Waals surface area contributed by atoms with Crippen molar-refractivity contribution < 1.29 is 13.9 Å². The number of fused-ring (bicyclic) bond motifs is 1. The molecule has 5 rings (SSSR count). The lowest BCUT2D eigenvalue weighted by Crippen LogP contribution is -2.19. The molecule has 0 N–H and O–H groups in total. The molecule has 1 atom stereocenters. The average Bonchev–Trinajstić information content (AvgIpc) is 3.51. The van der Waals surface area contributed by atoms with E-state index in [0.29, 0.717) is 24.0 Å². The first-order valence-electron chi connectivity index (χ1n) is 9.93. The molecule has 2 aromatic carbocycles. The zero-order chi connectivity index (χ0) is 19.8. The minimum Gasteiger partial charge on any atom is -0.460 e. The van der Waals surface area contributed by atoms with Gasteiger partial charge in [0.1, 0.15) is 17.4 Å². The molecule has 1 saturated carbocycles. The summed E-state index contributed by atoms with van der Waals surface area (Å²) in [5, 5.41) is 9.64. The van der Waals surface area contributed by atoms with Crippen molar-refractivity contribution in [3.63, 3.8) is 0 Å². The Bertz CT molecular complexity index is 1020. The van der Waals surface area contributed by atoms with Gasteiger partial charge in [-0.3, -0.25) is 0 Å². The Kier molecular flexibility index (Phi) is 5.01. The number of ether oxygens (including phenoxy) is 2. The van der Waals surface area contributed by atoms with E-state index in [9.17, 15) is 4.39 Å². The molecule has 1 aliphatic carbocycles. The topological polar surface area (TPSA) is 49.2 Å². The summed E-state index contributed by atoms with van der Waals surface area (Å²) in [6.45, 7) is 3.26. The van der Waals surface area contributed by atoms with Crippen molar-refractivity contribution in [3.05, 3.63) is 70.8 Å². The third-order valence-electron chi connectivity index (χ3n) is 5.26. The second-order valence-corrected chi connectivity index (χ2v) is 8.32. The van der Waals surface area contributed by atoms with Gasteiger partial charge in [0.25, 0.3) is 0 Å². The monoisotopic (exact) mass is 411 g/mol. The number of halogens is 1. The van der Waals surface area contributed by atoms with Gasteiger partial charge in [0.15, 0.2) is 5.16 Å². The van der Waals surface area contributed by atoms with Crippen LogP contribution in [0.3, 0.4) is 0 Å². The quantitative estimate of drug-likeness (QED) is 0.521. The first kappa shape index (κ1) is 18.6. The summed E-state index contributed by atoms with van der Waals surface area (Å²) in [6, 6.07) is 12.8. The van der Waals surface area contributed by atoms with Crippen LogP contribution >= 0.6 is 11.8 Å². The highest BCUT2D eigenvalue weighted by Crippen LogP contribution is 2.41. The lowest BCUT2D eigenvalue weighted by atomic mass is 10.1. The zero-order valence-electron chi connectivity index (χ0n) is 16.2. The molecule has 2 aliphatic rings. The second-order valence-electron chi connectivity index (χ2n) is 7.37. The first-order chi connectivity index (χ1) is 14.2. The van der Waals surface area contributed by atoms with Crippen LogP contribution in [-0.2, 0) is 23.6 Å².